The smallest absolute Gasteiger partial charge is 0.170 e. The molecule has 0 heterocycles. The number of ether oxygens (including phenoxy) is 1. The molecule has 0 spiro atoms. The Bertz CT molecular complexity index is 595. The van der Waals surface area contributed by atoms with E-state index in [-0.39, 0.29) is 0 Å². The highest BCUT2D eigenvalue weighted by Gasteiger charge is 2.30. The molecule has 0 amide bonds. The van der Waals surface area contributed by atoms with Crippen LogP contribution < -0.4 is 4.74 Å². The fourth-order valence-electron chi connectivity index (χ4n) is 2.15. The lowest BCUT2D eigenvalue weighted by Crippen LogP contribution is -2.28. The molecular weight excluding hydrogens is 278 g/mol. The molecule has 0 saturated heterocycles. The Morgan fingerprint density at radius 3 is 2.18 bits per heavy atom. The molecular formula is C18H21NO3. The summed E-state index contributed by atoms with van der Waals surface area (Å²) in [7, 11) is 3.97. The third-order valence-electron chi connectivity index (χ3n) is 3.49. The fraction of sp³-hybridized carbons (Fsp3) is 0.278. The van der Waals surface area contributed by atoms with E-state index in [0.717, 1.165) is 6.54 Å². The second-order valence-electron chi connectivity index (χ2n) is 5.43. The van der Waals surface area contributed by atoms with Gasteiger partial charge in [0.2, 0.25) is 0 Å². The van der Waals surface area contributed by atoms with Gasteiger partial charge in [0, 0.05) is 6.54 Å². The van der Waals surface area contributed by atoms with Crippen molar-refractivity contribution in [2.75, 3.05) is 27.2 Å². The molecule has 4 heteroatoms. The van der Waals surface area contributed by atoms with E-state index in [1.807, 2.05) is 25.1 Å². The summed E-state index contributed by atoms with van der Waals surface area (Å²) < 4.78 is 5.61. The maximum Gasteiger partial charge on any atom is 0.170 e. The van der Waals surface area contributed by atoms with E-state index in [1.54, 1.807) is 48.5 Å². The minimum absolute atomic E-state index is 0.522. The number of benzene rings is 2. The largest absolute Gasteiger partial charge is 0.492 e. The first-order chi connectivity index (χ1) is 10.6. The van der Waals surface area contributed by atoms with Gasteiger partial charge in [-0.2, -0.15) is 0 Å². The summed E-state index contributed by atoms with van der Waals surface area (Å²) in [6.45, 7) is 1.41. The summed E-state index contributed by atoms with van der Waals surface area (Å²) in [6, 6.07) is 15.9. The molecule has 0 radical (unpaired) electrons. The van der Waals surface area contributed by atoms with Crippen LogP contribution in [0.1, 0.15) is 11.1 Å². The maximum absolute atomic E-state index is 11.5. The number of nitrogens with zero attached hydrogens (tertiary/aromatic N) is 1. The van der Waals surface area contributed by atoms with E-state index in [4.69, 9.17) is 4.74 Å². The Labute approximate surface area is 131 Å². The lowest BCUT2D eigenvalue weighted by atomic mass is 9.88. The topological polar surface area (TPSA) is 49.8 Å². The molecule has 1 unspecified atom stereocenters. The van der Waals surface area contributed by atoms with Gasteiger partial charge in [0.1, 0.15) is 12.4 Å². The van der Waals surface area contributed by atoms with Crippen LogP contribution in [0, 0.1) is 0 Å². The highest BCUT2D eigenvalue weighted by Crippen LogP contribution is 2.28. The third kappa shape index (κ3) is 3.72. The molecule has 0 saturated carbocycles. The van der Waals surface area contributed by atoms with Gasteiger partial charge in [0.15, 0.2) is 11.9 Å². The van der Waals surface area contributed by atoms with Crippen molar-refractivity contribution in [3.63, 3.8) is 0 Å². The van der Waals surface area contributed by atoms with E-state index in [2.05, 4.69) is 0 Å². The average Bonchev–Trinajstić information content (AvgIpc) is 2.55. The minimum atomic E-state index is -1.64. The Kier molecular flexibility index (Phi) is 5.31. The predicted octanol–water partition coefficient (Wildman–Crippen LogP) is 2.06. The number of aldehydes is 1. The molecule has 2 aromatic carbocycles. The molecule has 0 bridgehead atoms. The van der Waals surface area contributed by atoms with Crippen LogP contribution in [0.5, 0.6) is 5.75 Å². The first-order valence-corrected chi connectivity index (χ1v) is 7.18. The van der Waals surface area contributed by atoms with Gasteiger partial charge < -0.3 is 14.7 Å². The minimum Gasteiger partial charge on any atom is -0.492 e. The zero-order valence-corrected chi connectivity index (χ0v) is 12.9. The van der Waals surface area contributed by atoms with E-state index in [1.165, 1.54) is 0 Å². The van der Waals surface area contributed by atoms with Gasteiger partial charge in [-0.25, -0.2) is 0 Å². The summed E-state index contributed by atoms with van der Waals surface area (Å²) in [4.78, 5) is 13.5. The zero-order chi connectivity index (χ0) is 16.0. The average molecular weight is 299 g/mol. The maximum atomic E-state index is 11.5. The van der Waals surface area contributed by atoms with E-state index >= 15 is 0 Å². The molecule has 0 fully saturated rings. The number of hydrogen-bond donors (Lipinski definition) is 1. The van der Waals surface area contributed by atoms with Crippen LogP contribution in [0.3, 0.4) is 0 Å². The Balaban J connectivity index is 2.16. The van der Waals surface area contributed by atoms with Crippen LogP contribution in [0.2, 0.25) is 0 Å². The number of hydrogen-bond acceptors (Lipinski definition) is 4. The highest BCUT2D eigenvalue weighted by molar-refractivity contribution is 5.72. The molecule has 0 aromatic heterocycles. The predicted molar refractivity (Wildman–Crippen MR) is 86.0 cm³/mol. The molecule has 0 aliphatic rings. The highest BCUT2D eigenvalue weighted by atomic mass is 16.5. The van der Waals surface area contributed by atoms with Crippen LogP contribution in [-0.2, 0) is 10.4 Å². The van der Waals surface area contributed by atoms with Gasteiger partial charge in [0.25, 0.3) is 0 Å². The van der Waals surface area contributed by atoms with Gasteiger partial charge in [-0.15, -0.1) is 0 Å². The fourth-order valence-corrected chi connectivity index (χ4v) is 2.15. The van der Waals surface area contributed by atoms with Gasteiger partial charge in [0.05, 0.1) is 0 Å². The normalized spacial score (nSPS) is 13.6. The zero-order valence-electron chi connectivity index (χ0n) is 12.9. The van der Waals surface area contributed by atoms with Crippen LogP contribution in [0.4, 0.5) is 0 Å². The number of rotatable bonds is 7. The molecule has 116 valence electrons. The third-order valence-corrected chi connectivity index (χ3v) is 3.49. The summed E-state index contributed by atoms with van der Waals surface area (Å²) in [5.74, 6) is 0.715. The quantitative estimate of drug-likeness (QED) is 0.795. The molecule has 22 heavy (non-hydrogen) atoms. The lowest BCUT2D eigenvalue weighted by Gasteiger charge is -2.23. The lowest BCUT2D eigenvalue weighted by molar-refractivity contribution is -0.121. The summed E-state index contributed by atoms with van der Waals surface area (Å²) >= 11 is 0. The Morgan fingerprint density at radius 1 is 1.05 bits per heavy atom. The van der Waals surface area contributed by atoms with Crippen molar-refractivity contribution < 1.29 is 14.6 Å². The Morgan fingerprint density at radius 2 is 1.64 bits per heavy atom. The van der Waals surface area contributed by atoms with Crippen LogP contribution >= 0.6 is 0 Å². The van der Waals surface area contributed by atoms with Gasteiger partial charge in [-0.05, 0) is 37.4 Å². The second kappa shape index (κ2) is 7.20. The summed E-state index contributed by atoms with van der Waals surface area (Å²) in [6.07, 6.45) is 0.560. The van der Waals surface area contributed by atoms with Gasteiger partial charge in [-0.3, -0.25) is 4.79 Å². The van der Waals surface area contributed by atoms with Crippen molar-refractivity contribution >= 4 is 6.29 Å². The molecule has 1 atom stereocenters. The number of likely N-dealkylation sites (N-methyl/N-ethyl adjacent to an activating group) is 1. The molecule has 2 aromatic rings. The molecule has 4 nitrogen and oxygen atoms in total. The monoisotopic (exact) mass is 299 g/mol. The van der Waals surface area contributed by atoms with E-state index in [0.29, 0.717) is 29.8 Å². The van der Waals surface area contributed by atoms with Crippen molar-refractivity contribution in [2.24, 2.45) is 0 Å². The number of carbonyl (C=O) groups is 1. The summed E-state index contributed by atoms with van der Waals surface area (Å²) in [5, 5.41) is 10.7. The Hall–Kier alpha value is -2.17. The van der Waals surface area contributed by atoms with Crippen molar-refractivity contribution in [1.82, 2.24) is 4.90 Å². The molecule has 0 aliphatic carbocycles. The first kappa shape index (κ1) is 16.2. The SMILES string of the molecule is CN(C)CCOc1ccc(C(O)(C=O)c2ccccc2)cc1. The van der Waals surface area contributed by atoms with E-state index < -0.39 is 5.60 Å². The summed E-state index contributed by atoms with van der Waals surface area (Å²) in [5.41, 5.74) is -0.566. The molecule has 1 N–H and O–H groups in total. The van der Waals surface area contributed by atoms with Crippen LogP contribution in [0.15, 0.2) is 54.6 Å². The van der Waals surface area contributed by atoms with Crippen LogP contribution in [-0.4, -0.2) is 43.5 Å². The molecule has 0 aliphatic heterocycles. The van der Waals surface area contributed by atoms with Crippen molar-refractivity contribution in [1.29, 1.82) is 0 Å². The standard InChI is InChI=1S/C18H21NO3/c1-19(2)12-13-22-17-10-8-16(9-11-17)18(21,14-20)15-6-4-3-5-7-15/h3-11,14,21H,12-13H2,1-2H3. The van der Waals surface area contributed by atoms with Gasteiger partial charge >= 0.3 is 0 Å². The van der Waals surface area contributed by atoms with E-state index in [9.17, 15) is 9.90 Å². The number of aliphatic hydroxyl groups is 1. The van der Waals surface area contributed by atoms with Crippen LogP contribution in [0.25, 0.3) is 0 Å². The van der Waals surface area contributed by atoms with Crippen molar-refractivity contribution in [3.8, 4) is 5.75 Å². The molecule has 2 rings (SSSR count). The van der Waals surface area contributed by atoms with Crippen molar-refractivity contribution in [2.45, 2.75) is 5.60 Å². The van der Waals surface area contributed by atoms with Crippen molar-refractivity contribution in [3.05, 3.63) is 65.7 Å². The first-order valence-electron chi connectivity index (χ1n) is 7.18. The van der Waals surface area contributed by atoms with Gasteiger partial charge in [-0.1, -0.05) is 42.5 Å². The second-order valence-corrected chi connectivity index (χ2v) is 5.43. The number of carbonyl (C=O) groups excluding carboxylic acids is 1.